The topological polar surface area (TPSA) is 58.2 Å². The molecule has 0 aliphatic rings. The molecule has 118 valence electrons. The standard InChI is InChI=1S/C17H22N2O2S/c1-13-9-10-16(11-17(13)19-22(3,20)21)18-12-14(2)15-7-5-4-6-8-15/h4-11,14,18-19H,12H2,1-3H3/t14-/m1/s1. The molecule has 0 aliphatic heterocycles. The Balaban J connectivity index is 2.06. The number of aryl methyl sites for hydroxylation is 1. The number of sulfonamides is 1. The van der Waals surface area contributed by atoms with Crippen LogP contribution in [0.5, 0.6) is 0 Å². The highest BCUT2D eigenvalue weighted by Crippen LogP contribution is 2.22. The number of rotatable bonds is 6. The summed E-state index contributed by atoms with van der Waals surface area (Å²) in [5, 5.41) is 3.36. The third kappa shape index (κ3) is 4.77. The van der Waals surface area contributed by atoms with Crippen LogP contribution >= 0.6 is 0 Å². The van der Waals surface area contributed by atoms with Crippen LogP contribution in [0.25, 0.3) is 0 Å². The Morgan fingerprint density at radius 1 is 1.09 bits per heavy atom. The number of nitrogens with one attached hydrogen (secondary N) is 2. The van der Waals surface area contributed by atoms with Crippen molar-refractivity contribution < 1.29 is 8.42 Å². The van der Waals surface area contributed by atoms with Crippen molar-refractivity contribution in [2.45, 2.75) is 19.8 Å². The summed E-state index contributed by atoms with van der Waals surface area (Å²) in [5.41, 5.74) is 3.68. The van der Waals surface area contributed by atoms with Gasteiger partial charge in [0.15, 0.2) is 0 Å². The minimum absolute atomic E-state index is 0.369. The molecule has 0 aliphatic carbocycles. The predicted octanol–water partition coefficient (Wildman–Crippen LogP) is 3.58. The third-order valence-corrected chi connectivity index (χ3v) is 4.10. The van der Waals surface area contributed by atoms with Crippen LogP contribution < -0.4 is 10.0 Å². The molecule has 0 heterocycles. The fraction of sp³-hybridized carbons (Fsp3) is 0.294. The van der Waals surface area contributed by atoms with E-state index in [0.29, 0.717) is 11.6 Å². The van der Waals surface area contributed by atoms with Crippen molar-refractivity contribution in [3.63, 3.8) is 0 Å². The first kappa shape index (κ1) is 16.4. The first-order chi connectivity index (χ1) is 10.3. The Kier molecular flexibility index (Phi) is 5.08. The number of hydrogen-bond donors (Lipinski definition) is 2. The van der Waals surface area contributed by atoms with Crippen LogP contribution in [-0.2, 0) is 10.0 Å². The monoisotopic (exact) mass is 318 g/mol. The second-order valence-electron chi connectivity index (χ2n) is 5.60. The van der Waals surface area contributed by atoms with Crippen molar-refractivity contribution in [1.82, 2.24) is 0 Å². The van der Waals surface area contributed by atoms with Gasteiger partial charge in [0.1, 0.15) is 0 Å². The minimum atomic E-state index is -3.27. The Labute approximate surface area is 132 Å². The van der Waals surface area contributed by atoms with E-state index in [0.717, 1.165) is 24.1 Å². The van der Waals surface area contributed by atoms with Crippen LogP contribution in [0.1, 0.15) is 24.0 Å². The summed E-state index contributed by atoms with van der Waals surface area (Å²) in [7, 11) is -3.27. The molecule has 0 saturated heterocycles. The van der Waals surface area contributed by atoms with Gasteiger partial charge < -0.3 is 5.32 Å². The summed E-state index contributed by atoms with van der Waals surface area (Å²) in [4.78, 5) is 0. The first-order valence-corrected chi connectivity index (χ1v) is 9.11. The first-order valence-electron chi connectivity index (χ1n) is 7.22. The average molecular weight is 318 g/mol. The molecule has 2 rings (SSSR count). The number of anilines is 2. The van der Waals surface area contributed by atoms with E-state index in [1.165, 1.54) is 5.56 Å². The zero-order valence-electron chi connectivity index (χ0n) is 13.1. The van der Waals surface area contributed by atoms with Gasteiger partial charge in [-0.05, 0) is 36.1 Å². The van der Waals surface area contributed by atoms with Gasteiger partial charge in [0, 0.05) is 12.2 Å². The van der Waals surface area contributed by atoms with E-state index in [1.807, 2.05) is 43.3 Å². The van der Waals surface area contributed by atoms with Gasteiger partial charge in [0.25, 0.3) is 0 Å². The van der Waals surface area contributed by atoms with E-state index in [4.69, 9.17) is 0 Å². The molecule has 4 nitrogen and oxygen atoms in total. The Bertz CT molecular complexity index is 728. The zero-order valence-corrected chi connectivity index (χ0v) is 13.9. The SMILES string of the molecule is Cc1ccc(NC[C@@H](C)c2ccccc2)cc1NS(C)(=O)=O. The fourth-order valence-corrected chi connectivity index (χ4v) is 2.83. The molecule has 0 radical (unpaired) electrons. The van der Waals surface area contributed by atoms with Gasteiger partial charge in [-0.1, -0.05) is 43.3 Å². The quantitative estimate of drug-likeness (QED) is 0.856. The van der Waals surface area contributed by atoms with Gasteiger partial charge in [0.2, 0.25) is 10.0 Å². The van der Waals surface area contributed by atoms with E-state index in [1.54, 1.807) is 0 Å². The maximum absolute atomic E-state index is 11.4. The fourth-order valence-electron chi connectivity index (χ4n) is 2.21. The third-order valence-electron chi connectivity index (χ3n) is 3.51. The van der Waals surface area contributed by atoms with Crippen molar-refractivity contribution in [3.8, 4) is 0 Å². The molecule has 0 bridgehead atoms. The maximum atomic E-state index is 11.4. The van der Waals surface area contributed by atoms with Gasteiger partial charge in [-0.25, -0.2) is 8.42 Å². The lowest BCUT2D eigenvalue weighted by Gasteiger charge is -2.15. The van der Waals surface area contributed by atoms with Crippen molar-refractivity contribution in [2.75, 3.05) is 22.8 Å². The molecule has 0 spiro atoms. The van der Waals surface area contributed by atoms with Crippen molar-refractivity contribution >= 4 is 21.4 Å². The lowest BCUT2D eigenvalue weighted by molar-refractivity contribution is 0.607. The summed E-state index contributed by atoms with van der Waals surface area (Å²) >= 11 is 0. The molecular formula is C17H22N2O2S. The highest BCUT2D eigenvalue weighted by molar-refractivity contribution is 7.92. The molecule has 22 heavy (non-hydrogen) atoms. The summed E-state index contributed by atoms with van der Waals surface area (Å²) in [6.45, 7) is 4.82. The van der Waals surface area contributed by atoms with Crippen LogP contribution in [0.4, 0.5) is 11.4 Å². The van der Waals surface area contributed by atoms with Crippen LogP contribution in [0.2, 0.25) is 0 Å². The Morgan fingerprint density at radius 3 is 2.41 bits per heavy atom. The normalized spacial score (nSPS) is 12.7. The molecule has 0 amide bonds. The Morgan fingerprint density at radius 2 is 1.77 bits per heavy atom. The molecule has 0 saturated carbocycles. The highest BCUT2D eigenvalue weighted by atomic mass is 32.2. The van der Waals surface area contributed by atoms with Crippen LogP contribution in [0.15, 0.2) is 48.5 Å². The van der Waals surface area contributed by atoms with E-state index < -0.39 is 10.0 Å². The van der Waals surface area contributed by atoms with E-state index in [2.05, 4.69) is 29.1 Å². The molecule has 2 aromatic carbocycles. The Hall–Kier alpha value is -2.01. The molecule has 2 N–H and O–H groups in total. The lowest BCUT2D eigenvalue weighted by Crippen LogP contribution is -2.12. The van der Waals surface area contributed by atoms with Crippen LogP contribution in [-0.4, -0.2) is 21.2 Å². The van der Waals surface area contributed by atoms with Gasteiger partial charge >= 0.3 is 0 Å². The van der Waals surface area contributed by atoms with Crippen LogP contribution in [0.3, 0.4) is 0 Å². The molecule has 5 heteroatoms. The van der Waals surface area contributed by atoms with Gasteiger partial charge in [-0.15, -0.1) is 0 Å². The van der Waals surface area contributed by atoms with E-state index >= 15 is 0 Å². The predicted molar refractivity (Wildman–Crippen MR) is 93.0 cm³/mol. The van der Waals surface area contributed by atoms with E-state index in [-0.39, 0.29) is 0 Å². The van der Waals surface area contributed by atoms with Gasteiger partial charge in [-0.2, -0.15) is 0 Å². The maximum Gasteiger partial charge on any atom is 0.229 e. The summed E-state index contributed by atoms with van der Waals surface area (Å²) in [6, 6.07) is 16.0. The van der Waals surface area contributed by atoms with Crippen molar-refractivity contribution in [2.24, 2.45) is 0 Å². The second-order valence-corrected chi connectivity index (χ2v) is 7.35. The van der Waals surface area contributed by atoms with Gasteiger partial charge in [-0.3, -0.25) is 4.72 Å². The summed E-state index contributed by atoms with van der Waals surface area (Å²) in [6.07, 6.45) is 1.16. The van der Waals surface area contributed by atoms with Crippen molar-refractivity contribution in [1.29, 1.82) is 0 Å². The van der Waals surface area contributed by atoms with Crippen molar-refractivity contribution in [3.05, 3.63) is 59.7 Å². The molecule has 1 atom stereocenters. The molecule has 0 aromatic heterocycles. The zero-order chi connectivity index (χ0) is 16.2. The molecule has 2 aromatic rings. The smallest absolute Gasteiger partial charge is 0.229 e. The summed E-state index contributed by atoms with van der Waals surface area (Å²) < 4.78 is 25.3. The molecule has 0 unspecified atom stereocenters. The van der Waals surface area contributed by atoms with Gasteiger partial charge in [0.05, 0.1) is 11.9 Å². The van der Waals surface area contributed by atoms with E-state index in [9.17, 15) is 8.42 Å². The lowest BCUT2D eigenvalue weighted by atomic mass is 10.0. The second kappa shape index (κ2) is 6.83. The average Bonchev–Trinajstić information content (AvgIpc) is 2.47. The number of hydrogen-bond acceptors (Lipinski definition) is 3. The molecule has 0 fully saturated rings. The number of benzene rings is 2. The van der Waals surface area contributed by atoms with Crippen LogP contribution in [0, 0.1) is 6.92 Å². The largest absolute Gasteiger partial charge is 0.384 e. The highest BCUT2D eigenvalue weighted by Gasteiger charge is 2.08. The molecular weight excluding hydrogens is 296 g/mol. The summed E-state index contributed by atoms with van der Waals surface area (Å²) in [5.74, 6) is 0.369. The minimum Gasteiger partial charge on any atom is -0.384 e.